The van der Waals surface area contributed by atoms with Gasteiger partial charge in [-0.1, -0.05) is 6.92 Å². The minimum atomic E-state index is 0.140. The van der Waals surface area contributed by atoms with E-state index < -0.39 is 0 Å². The number of terminal acetylenes is 1. The van der Waals surface area contributed by atoms with Crippen molar-refractivity contribution in [3.63, 3.8) is 0 Å². The highest BCUT2D eigenvalue weighted by atomic mass is 15.2. The molecule has 0 saturated heterocycles. The fourth-order valence-corrected chi connectivity index (χ4v) is 1.63. The molecule has 0 aromatic carbocycles. The van der Waals surface area contributed by atoms with Crippen LogP contribution in [0.15, 0.2) is 0 Å². The summed E-state index contributed by atoms with van der Waals surface area (Å²) in [5.74, 6) is 2.72. The monoisotopic (exact) mass is 182 g/mol. The van der Waals surface area contributed by atoms with Crippen molar-refractivity contribution in [1.82, 2.24) is 10.2 Å². The Morgan fingerprint density at radius 1 is 1.54 bits per heavy atom. The number of hydrogen-bond donors (Lipinski definition) is 1. The zero-order valence-corrected chi connectivity index (χ0v) is 9.52. The lowest BCUT2D eigenvalue weighted by molar-refractivity contribution is 0.119. The average molecular weight is 182 g/mol. The maximum absolute atomic E-state index is 5.35. The maximum atomic E-state index is 5.35. The number of rotatable bonds is 5. The predicted molar refractivity (Wildman–Crippen MR) is 58.7 cm³/mol. The van der Waals surface area contributed by atoms with Gasteiger partial charge >= 0.3 is 0 Å². The highest BCUT2D eigenvalue weighted by Gasteiger charge is 2.32. The second-order valence-corrected chi connectivity index (χ2v) is 3.85. The molecule has 0 bridgehead atoms. The van der Waals surface area contributed by atoms with Crippen molar-refractivity contribution in [3.8, 4) is 12.3 Å². The molecule has 0 heterocycles. The second kappa shape index (κ2) is 5.26. The van der Waals surface area contributed by atoms with Crippen molar-refractivity contribution < 1.29 is 0 Å². The van der Waals surface area contributed by atoms with E-state index in [4.69, 9.17) is 6.42 Å². The molecule has 0 aliphatic carbocycles. The number of hydrogen-bond acceptors (Lipinski definition) is 2. The van der Waals surface area contributed by atoms with Gasteiger partial charge in [0, 0.05) is 18.0 Å². The van der Waals surface area contributed by atoms with E-state index in [0.717, 1.165) is 12.8 Å². The molecule has 2 heteroatoms. The lowest BCUT2D eigenvalue weighted by atomic mass is 9.86. The smallest absolute Gasteiger partial charge is 0.0356 e. The SMILES string of the molecule is C#CCC(NC)C(C)(CC)N(C)C. The lowest BCUT2D eigenvalue weighted by Crippen LogP contribution is -2.55. The van der Waals surface area contributed by atoms with Crippen LogP contribution in [-0.2, 0) is 0 Å². The van der Waals surface area contributed by atoms with E-state index in [1.165, 1.54) is 0 Å². The molecule has 0 saturated carbocycles. The summed E-state index contributed by atoms with van der Waals surface area (Å²) >= 11 is 0. The lowest BCUT2D eigenvalue weighted by Gasteiger charge is -2.42. The Hall–Kier alpha value is -0.520. The van der Waals surface area contributed by atoms with Gasteiger partial charge in [0.25, 0.3) is 0 Å². The van der Waals surface area contributed by atoms with Crippen LogP contribution in [0.4, 0.5) is 0 Å². The molecule has 0 rings (SSSR count). The van der Waals surface area contributed by atoms with Crippen molar-refractivity contribution in [2.75, 3.05) is 21.1 Å². The molecular formula is C11H22N2. The summed E-state index contributed by atoms with van der Waals surface area (Å²) in [5, 5.41) is 3.29. The normalized spacial score (nSPS) is 17.9. The van der Waals surface area contributed by atoms with Crippen LogP contribution < -0.4 is 5.32 Å². The molecule has 76 valence electrons. The van der Waals surface area contributed by atoms with Crippen LogP contribution in [-0.4, -0.2) is 37.6 Å². The highest BCUT2D eigenvalue weighted by Crippen LogP contribution is 2.22. The first-order valence-electron chi connectivity index (χ1n) is 4.81. The molecule has 0 radical (unpaired) electrons. The van der Waals surface area contributed by atoms with Crippen LogP contribution in [0.1, 0.15) is 26.7 Å². The van der Waals surface area contributed by atoms with E-state index in [1.54, 1.807) is 0 Å². The Morgan fingerprint density at radius 2 is 2.08 bits per heavy atom. The largest absolute Gasteiger partial charge is 0.314 e. The third kappa shape index (κ3) is 2.72. The van der Waals surface area contributed by atoms with Gasteiger partial charge in [-0.25, -0.2) is 0 Å². The molecule has 0 aliphatic heterocycles. The van der Waals surface area contributed by atoms with Gasteiger partial charge in [0.15, 0.2) is 0 Å². The molecule has 2 nitrogen and oxygen atoms in total. The summed E-state index contributed by atoms with van der Waals surface area (Å²) < 4.78 is 0. The van der Waals surface area contributed by atoms with E-state index in [-0.39, 0.29) is 5.54 Å². The molecule has 0 amide bonds. The third-order valence-corrected chi connectivity index (χ3v) is 3.16. The van der Waals surface area contributed by atoms with Crippen molar-refractivity contribution >= 4 is 0 Å². The van der Waals surface area contributed by atoms with Gasteiger partial charge in [0.1, 0.15) is 0 Å². The summed E-state index contributed by atoms with van der Waals surface area (Å²) in [4.78, 5) is 2.24. The van der Waals surface area contributed by atoms with E-state index in [1.807, 2.05) is 7.05 Å². The van der Waals surface area contributed by atoms with Crippen LogP contribution >= 0.6 is 0 Å². The molecule has 1 N–H and O–H groups in total. The summed E-state index contributed by atoms with van der Waals surface area (Å²) in [6, 6.07) is 0.359. The Labute approximate surface area is 82.7 Å². The molecule has 2 unspecified atom stereocenters. The van der Waals surface area contributed by atoms with Gasteiger partial charge in [0.05, 0.1) is 0 Å². The second-order valence-electron chi connectivity index (χ2n) is 3.85. The van der Waals surface area contributed by atoms with Gasteiger partial charge in [0.2, 0.25) is 0 Å². The number of nitrogens with one attached hydrogen (secondary N) is 1. The summed E-state index contributed by atoms with van der Waals surface area (Å²) in [6.45, 7) is 4.44. The van der Waals surface area contributed by atoms with E-state index in [9.17, 15) is 0 Å². The predicted octanol–water partition coefficient (Wildman–Crippen LogP) is 1.33. The zero-order chi connectivity index (χ0) is 10.5. The van der Waals surface area contributed by atoms with Crippen LogP contribution in [0, 0.1) is 12.3 Å². The molecule has 2 atom stereocenters. The topological polar surface area (TPSA) is 15.3 Å². The summed E-state index contributed by atoms with van der Waals surface area (Å²) in [5.41, 5.74) is 0.140. The van der Waals surface area contributed by atoms with E-state index >= 15 is 0 Å². The zero-order valence-electron chi connectivity index (χ0n) is 9.52. The van der Waals surface area contributed by atoms with Crippen molar-refractivity contribution in [2.24, 2.45) is 0 Å². The molecule has 0 spiro atoms. The Kier molecular flexibility index (Phi) is 5.05. The van der Waals surface area contributed by atoms with Crippen molar-refractivity contribution in [1.29, 1.82) is 0 Å². The van der Waals surface area contributed by atoms with Crippen LogP contribution in [0.5, 0.6) is 0 Å². The first kappa shape index (κ1) is 12.5. The number of likely N-dealkylation sites (N-methyl/N-ethyl adjacent to an activating group) is 2. The van der Waals surface area contributed by atoms with E-state index in [2.05, 4.69) is 44.1 Å². The fraction of sp³-hybridized carbons (Fsp3) is 0.818. The van der Waals surface area contributed by atoms with Crippen LogP contribution in [0.2, 0.25) is 0 Å². The first-order valence-corrected chi connectivity index (χ1v) is 4.81. The van der Waals surface area contributed by atoms with Gasteiger partial charge < -0.3 is 10.2 Å². The maximum Gasteiger partial charge on any atom is 0.0356 e. The minimum absolute atomic E-state index is 0.140. The van der Waals surface area contributed by atoms with Gasteiger partial charge in [-0.05, 0) is 34.5 Å². The van der Waals surface area contributed by atoms with Gasteiger partial charge in [-0.15, -0.1) is 12.3 Å². The molecular weight excluding hydrogens is 160 g/mol. The fourth-order valence-electron chi connectivity index (χ4n) is 1.63. The average Bonchev–Trinajstić information content (AvgIpc) is 2.12. The van der Waals surface area contributed by atoms with Crippen molar-refractivity contribution in [3.05, 3.63) is 0 Å². The summed E-state index contributed by atoms with van der Waals surface area (Å²) in [6.07, 6.45) is 7.22. The molecule has 0 aromatic rings. The quantitative estimate of drug-likeness (QED) is 0.645. The molecule has 0 aliphatic rings. The van der Waals surface area contributed by atoms with Crippen LogP contribution in [0.25, 0.3) is 0 Å². The van der Waals surface area contributed by atoms with Gasteiger partial charge in [-0.2, -0.15) is 0 Å². The highest BCUT2D eigenvalue weighted by molar-refractivity contribution is 5.01. The Morgan fingerprint density at radius 3 is 2.31 bits per heavy atom. The molecule has 0 fully saturated rings. The summed E-state index contributed by atoms with van der Waals surface area (Å²) in [7, 11) is 6.17. The van der Waals surface area contributed by atoms with Crippen molar-refractivity contribution in [2.45, 2.75) is 38.3 Å². The molecule has 13 heavy (non-hydrogen) atoms. The minimum Gasteiger partial charge on any atom is -0.314 e. The third-order valence-electron chi connectivity index (χ3n) is 3.16. The standard InChI is InChI=1S/C11H22N2/c1-7-9-10(12-4)11(3,8-2)13(5)6/h1,10,12H,8-9H2,2-6H3. The molecule has 0 aromatic heterocycles. The van der Waals surface area contributed by atoms with Gasteiger partial charge in [-0.3, -0.25) is 0 Å². The Balaban J connectivity index is 4.60. The Bertz CT molecular complexity index is 181. The number of nitrogens with zero attached hydrogens (tertiary/aromatic N) is 1. The first-order chi connectivity index (χ1) is 6.02. The van der Waals surface area contributed by atoms with Crippen LogP contribution in [0.3, 0.4) is 0 Å². The van der Waals surface area contributed by atoms with E-state index in [0.29, 0.717) is 6.04 Å².